The number of hydrogen-bond donors (Lipinski definition) is 1. The molecule has 8 nitrogen and oxygen atoms in total. The van der Waals surface area contributed by atoms with Gasteiger partial charge in [0.25, 0.3) is 10.0 Å². The monoisotopic (exact) mass is 741 g/mol. The Kier molecular flexibility index (Phi) is 12.5. The van der Waals surface area contributed by atoms with Crippen LogP contribution in [0.4, 0.5) is 5.69 Å². The van der Waals surface area contributed by atoms with E-state index in [1.165, 1.54) is 29.2 Å². The van der Waals surface area contributed by atoms with Gasteiger partial charge in [-0.3, -0.25) is 13.9 Å². The molecule has 2 amide bonds. The van der Waals surface area contributed by atoms with Crippen molar-refractivity contribution in [1.29, 1.82) is 0 Å². The Morgan fingerprint density at radius 2 is 1.53 bits per heavy atom. The summed E-state index contributed by atoms with van der Waals surface area (Å²) >= 11 is 18.7. The first-order chi connectivity index (χ1) is 23.5. The maximum absolute atomic E-state index is 14.7. The number of nitrogens with one attached hydrogen (secondary N) is 1. The number of nitrogens with zero attached hydrogens (tertiary/aromatic N) is 2. The lowest BCUT2D eigenvalue weighted by molar-refractivity contribution is -0.140. The van der Waals surface area contributed by atoms with E-state index in [0.29, 0.717) is 33.0 Å². The van der Waals surface area contributed by atoms with Crippen LogP contribution in [0.3, 0.4) is 0 Å². The van der Waals surface area contributed by atoms with Gasteiger partial charge >= 0.3 is 0 Å². The van der Waals surface area contributed by atoms with Crippen LogP contribution in [0.15, 0.2) is 102 Å². The van der Waals surface area contributed by atoms with Gasteiger partial charge in [-0.1, -0.05) is 84.0 Å². The minimum absolute atomic E-state index is 0.00154. The summed E-state index contributed by atoms with van der Waals surface area (Å²) in [6.07, 6.45) is 3.95. The van der Waals surface area contributed by atoms with Crippen LogP contribution in [-0.4, -0.2) is 50.4 Å². The highest BCUT2D eigenvalue weighted by molar-refractivity contribution is 7.92. The van der Waals surface area contributed by atoms with E-state index in [1.807, 2.05) is 37.3 Å². The van der Waals surface area contributed by atoms with Gasteiger partial charge in [0.1, 0.15) is 18.3 Å². The van der Waals surface area contributed by atoms with Gasteiger partial charge in [-0.05, 0) is 91.6 Å². The average Bonchev–Trinajstić information content (AvgIpc) is 3.61. The molecule has 5 rings (SSSR count). The van der Waals surface area contributed by atoms with Gasteiger partial charge in [0.15, 0.2) is 0 Å². The van der Waals surface area contributed by atoms with Crippen molar-refractivity contribution in [2.24, 2.45) is 0 Å². The van der Waals surface area contributed by atoms with E-state index in [-0.39, 0.29) is 35.5 Å². The van der Waals surface area contributed by atoms with Gasteiger partial charge in [-0.2, -0.15) is 0 Å². The van der Waals surface area contributed by atoms with E-state index in [9.17, 15) is 18.0 Å². The molecule has 0 bridgehead atoms. The highest BCUT2D eigenvalue weighted by Gasteiger charge is 2.35. The lowest BCUT2D eigenvalue weighted by atomic mass is 10.0. The van der Waals surface area contributed by atoms with Gasteiger partial charge in [0.05, 0.1) is 27.2 Å². The molecule has 1 N–H and O–H groups in total. The smallest absolute Gasteiger partial charge is 0.264 e. The number of sulfonamides is 1. The first-order valence-electron chi connectivity index (χ1n) is 16.1. The molecule has 0 heterocycles. The fourth-order valence-electron chi connectivity index (χ4n) is 5.89. The number of hydrogen-bond acceptors (Lipinski definition) is 5. The van der Waals surface area contributed by atoms with E-state index < -0.39 is 28.5 Å². The molecule has 12 heteroatoms. The number of carbonyl (C=O) groups is 2. The standard InChI is InChI=1S/C37H38Cl3N3O5S/c1-2-48-31-17-15-30(16-18-31)43(49(46,47)32-19-13-28(38)14-20-32)25-36(44)42(24-27-12-21-33(39)34(40)22-27)35(23-26-8-4-3-5-9-26)37(45)41-29-10-6-7-11-29/h3-5,8-9,12-22,29,35H,2,6-7,10-11,23-25H2,1H3,(H,41,45)/t35-/m0/s1. The number of benzene rings is 4. The molecule has 1 atom stereocenters. The molecule has 1 saturated carbocycles. The highest BCUT2D eigenvalue weighted by atomic mass is 35.5. The summed E-state index contributed by atoms with van der Waals surface area (Å²) in [7, 11) is -4.29. The number of carbonyl (C=O) groups excluding carboxylic acids is 2. The van der Waals surface area contributed by atoms with Crippen molar-refractivity contribution in [3.63, 3.8) is 0 Å². The molecule has 1 aliphatic carbocycles. The van der Waals surface area contributed by atoms with Crippen LogP contribution in [0.1, 0.15) is 43.7 Å². The minimum atomic E-state index is -4.29. The van der Waals surface area contributed by atoms with Crippen molar-refractivity contribution in [3.05, 3.63) is 123 Å². The summed E-state index contributed by atoms with van der Waals surface area (Å²) in [6, 6.07) is 25.7. The topological polar surface area (TPSA) is 96.0 Å². The third-order valence-corrected chi connectivity index (χ3v) is 11.2. The molecule has 258 valence electrons. The van der Waals surface area contributed by atoms with E-state index in [4.69, 9.17) is 39.5 Å². The number of amides is 2. The second-order valence-corrected chi connectivity index (χ2v) is 15.0. The van der Waals surface area contributed by atoms with Crippen molar-refractivity contribution in [2.45, 2.75) is 62.6 Å². The third kappa shape index (κ3) is 9.48. The van der Waals surface area contributed by atoms with Crippen LogP contribution in [0.2, 0.25) is 15.1 Å². The zero-order valence-corrected chi connectivity index (χ0v) is 30.1. The van der Waals surface area contributed by atoms with Gasteiger partial charge < -0.3 is 15.0 Å². The zero-order chi connectivity index (χ0) is 35.0. The number of ether oxygens (including phenoxy) is 1. The Balaban J connectivity index is 1.57. The van der Waals surface area contributed by atoms with Crippen molar-refractivity contribution in [3.8, 4) is 5.75 Å². The largest absolute Gasteiger partial charge is 0.494 e. The SMILES string of the molecule is CCOc1ccc(N(CC(=O)N(Cc2ccc(Cl)c(Cl)c2)[C@@H](Cc2ccccc2)C(=O)NC2CCCC2)S(=O)(=O)c2ccc(Cl)cc2)cc1. The second-order valence-electron chi connectivity index (χ2n) is 11.9. The molecule has 1 fully saturated rings. The van der Waals surface area contributed by atoms with Gasteiger partial charge in [0, 0.05) is 24.0 Å². The molecule has 0 spiro atoms. The predicted octanol–water partition coefficient (Wildman–Crippen LogP) is 7.94. The van der Waals surface area contributed by atoms with E-state index in [1.54, 1.807) is 42.5 Å². The van der Waals surface area contributed by atoms with Crippen molar-refractivity contribution < 1.29 is 22.7 Å². The lowest BCUT2D eigenvalue weighted by Crippen LogP contribution is -2.54. The zero-order valence-electron chi connectivity index (χ0n) is 27.0. The van der Waals surface area contributed by atoms with Gasteiger partial charge in [-0.25, -0.2) is 8.42 Å². The van der Waals surface area contributed by atoms with E-state index in [2.05, 4.69) is 5.32 Å². The van der Waals surface area contributed by atoms with Crippen molar-refractivity contribution >= 4 is 62.3 Å². The van der Waals surface area contributed by atoms with Crippen LogP contribution in [0.5, 0.6) is 5.75 Å². The van der Waals surface area contributed by atoms with Crippen molar-refractivity contribution in [2.75, 3.05) is 17.5 Å². The van der Waals surface area contributed by atoms with Crippen LogP contribution in [-0.2, 0) is 32.6 Å². The fourth-order valence-corrected chi connectivity index (χ4v) is 7.75. The fraction of sp³-hybridized carbons (Fsp3) is 0.297. The molecular weight excluding hydrogens is 705 g/mol. The molecule has 1 aliphatic rings. The quantitative estimate of drug-likeness (QED) is 0.142. The number of rotatable bonds is 14. The Morgan fingerprint density at radius 3 is 2.16 bits per heavy atom. The van der Waals surface area contributed by atoms with Crippen LogP contribution >= 0.6 is 34.8 Å². The molecule has 0 saturated heterocycles. The second kappa shape index (κ2) is 16.8. The van der Waals surface area contributed by atoms with Crippen LogP contribution in [0.25, 0.3) is 0 Å². The number of halogens is 3. The summed E-state index contributed by atoms with van der Waals surface area (Å²) in [6.45, 7) is 1.66. The van der Waals surface area contributed by atoms with E-state index in [0.717, 1.165) is 35.6 Å². The summed E-state index contributed by atoms with van der Waals surface area (Å²) in [4.78, 5) is 30.2. The Labute approximate surface area is 303 Å². The maximum Gasteiger partial charge on any atom is 0.264 e. The molecule has 0 aliphatic heterocycles. The highest BCUT2D eigenvalue weighted by Crippen LogP contribution is 2.29. The summed E-state index contributed by atoms with van der Waals surface area (Å²) < 4.78 is 35.1. The molecule has 0 unspecified atom stereocenters. The maximum atomic E-state index is 14.7. The normalized spacial score (nSPS) is 13.9. The Hall–Kier alpha value is -3.76. The molecule has 4 aromatic carbocycles. The van der Waals surface area contributed by atoms with Crippen LogP contribution < -0.4 is 14.4 Å². The Bertz CT molecular complexity index is 1840. The average molecular weight is 743 g/mol. The third-order valence-electron chi connectivity index (χ3n) is 8.43. The lowest BCUT2D eigenvalue weighted by Gasteiger charge is -2.34. The Morgan fingerprint density at radius 1 is 0.857 bits per heavy atom. The first kappa shape index (κ1) is 36.5. The first-order valence-corrected chi connectivity index (χ1v) is 18.7. The van der Waals surface area contributed by atoms with Crippen molar-refractivity contribution in [1.82, 2.24) is 10.2 Å². The summed E-state index contributed by atoms with van der Waals surface area (Å²) in [5, 5.41) is 4.18. The molecule has 49 heavy (non-hydrogen) atoms. The van der Waals surface area contributed by atoms with Gasteiger partial charge in [0.2, 0.25) is 11.8 Å². The summed E-state index contributed by atoms with van der Waals surface area (Å²) in [5.74, 6) is -0.341. The van der Waals surface area contributed by atoms with Crippen LogP contribution in [0, 0.1) is 0 Å². The molecule has 0 aromatic heterocycles. The minimum Gasteiger partial charge on any atom is -0.494 e. The molecular formula is C37H38Cl3N3O5S. The molecule has 0 radical (unpaired) electrons. The predicted molar refractivity (Wildman–Crippen MR) is 195 cm³/mol. The van der Waals surface area contributed by atoms with E-state index >= 15 is 0 Å². The van der Waals surface area contributed by atoms with Gasteiger partial charge in [-0.15, -0.1) is 0 Å². The summed E-state index contributed by atoms with van der Waals surface area (Å²) in [5.41, 5.74) is 1.72. The number of anilines is 1. The molecule has 4 aromatic rings.